The van der Waals surface area contributed by atoms with Gasteiger partial charge in [-0.3, -0.25) is 0 Å². The molecule has 14 heavy (non-hydrogen) atoms. The Balaban J connectivity index is 2.41. The summed E-state index contributed by atoms with van der Waals surface area (Å²) in [7, 11) is 1.66. The van der Waals surface area contributed by atoms with E-state index in [0.717, 1.165) is 23.1 Å². The van der Waals surface area contributed by atoms with Gasteiger partial charge < -0.3 is 9.84 Å². The number of aliphatic hydroxyl groups excluding tert-OH is 1. The number of hydrogen-bond donors (Lipinski definition) is 1. The molecule has 0 unspecified atom stereocenters. The zero-order valence-corrected chi connectivity index (χ0v) is 9.67. The lowest BCUT2D eigenvalue weighted by Crippen LogP contribution is -2.12. The minimum absolute atomic E-state index is 0.00657. The van der Waals surface area contributed by atoms with Crippen molar-refractivity contribution in [1.82, 2.24) is 0 Å². The van der Waals surface area contributed by atoms with Gasteiger partial charge in [0.05, 0.1) is 13.7 Å². The summed E-state index contributed by atoms with van der Waals surface area (Å²) in [5, 5.41) is 9.34. The summed E-state index contributed by atoms with van der Waals surface area (Å²) in [4.78, 5) is 0. The lowest BCUT2D eigenvalue weighted by Gasteiger charge is -2.15. The van der Waals surface area contributed by atoms with E-state index in [1.54, 1.807) is 7.11 Å². The van der Waals surface area contributed by atoms with Crippen molar-refractivity contribution in [2.24, 2.45) is 0 Å². The van der Waals surface area contributed by atoms with Crippen LogP contribution in [-0.4, -0.2) is 18.8 Å². The molecule has 0 spiro atoms. The zero-order valence-electron chi connectivity index (χ0n) is 8.09. The fourth-order valence-corrected chi connectivity index (χ4v) is 2.37. The maximum absolute atomic E-state index is 9.34. The molecule has 1 aliphatic carbocycles. The third-order valence-electron chi connectivity index (χ3n) is 2.90. The second-order valence-electron chi connectivity index (χ2n) is 3.78. The molecule has 2 rings (SSSR count). The highest BCUT2D eigenvalue weighted by Gasteiger charge is 2.45. The van der Waals surface area contributed by atoms with Gasteiger partial charge in [-0.2, -0.15) is 0 Å². The molecule has 0 saturated heterocycles. The Morgan fingerprint density at radius 1 is 1.50 bits per heavy atom. The van der Waals surface area contributed by atoms with E-state index < -0.39 is 0 Å². The summed E-state index contributed by atoms with van der Waals surface area (Å²) in [6.45, 7) is 0.221. The summed E-state index contributed by atoms with van der Waals surface area (Å²) in [6, 6.07) is 5.90. The first-order valence-electron chi connectivity index (χ1n) is 4.67. The van der Waals surface area contributed by atoms with E-state index in [9.17, 15) is 5.11 Å². The van der Waals surface area contributed by atoms with Gasteiger partial charge in [0, 0.05) is 9.89 Å². The lowest BCUT2D eigenvalue weighted by atomic mass is 9.97. The van der Waals surface area contributed by atoms with Crippen molar-refractivity contribution in [1.29, 1.82) is 0 Å². The predicted octanol–water partition coefficient (Wildman–Crippen LogP) is 2.48. The maximum Gasteiger partial charge on any atom is 0.119 e. The van der Waals surface area contributed by atoms with Crippen LogP contribution in [0, 0.1) is 0 Å². The molecule has 1 N–H and O–H groups in total. The number of aliphatic hydroxyl groups is 1. The minimum Gasteiger partial charge on any atom is -0.497 e. The molecule has 1 aromatic rings. The van der Waals surface area contributed by atoms with Gasteiger partial charge in [0.2, 0.25) is 0 Å². The predicted molar refractivity (Wildman–Crippen MR) is 58.7 cm³/mol. The fourth-order valence-electron chi connectivity index (χ4n) is 1.70. The average molecular weight is 257 g/mol. The topological polar surface area (TPSA) is 29.5 Å². The number of hydrogen-bond acceptors (Lipinski definition) is 2. The Hall–Kier alpha value is -0.540. The highest BCUT2D eigenvalue weighted by molar-refractivity contribution is 9.10. The van der Waals surface area contributed by atoms with E-state index in [1.807, 2.05) is 18.2 Å². The van der Waals surface area contributed by atoms with E-state index in [-0.39, 0.29) is 12.0 Å². The van der Waals surface area contributed by atoms with Crippen molar-refractivity contribution < 1.29 is 9.84 Å². The first kappa shape index (κ1) is 9.99. The van der Waals surface area contributed by atoms with Gasteiger partial charge in [0.1, 0.15) is 5.75 Å². The summed E-state index contributed by atoms with van der Waals surface area (Å²) in [5.41, 5.74) is 1.16. The molecule has 0 bridgehead atoms. The SMILES string of the molecule is COc1ccc(Br)c(C2(CO)CC2)c1. The highest BCUT2D eigenvalue weighted by Crippen LogP contribution is 2.50. The standard InChI is InChI=1S/C11H13BrO2/c1-14-8-2-3-10(12)9(6-8)11(7-13)4-5-11/h2-3,6,13H,4-5,7H2,1H3. The van der Waals surface area contributed by atoms with E-state index in [0.29, 0.717) is 0 Å². The summed E-state index contributed by atoms with van der Waals surface area (Å²) < 4.78 is 6.23. The van der Waals surface area contributed by atoms with Gasteiger partial charge >= 0.3 is 0 Å². The fraction of sp³-hybridized carbons (Fsp3) is 0.455. The van der Waals surface area contributed by atoms with Crippen LogP contribution in [0.5, 0.6) is 5.75 Å². The Morgan fingerprint density at radius 3 is 2.71 bits per heavy atom. The molecule has 0 aliphatic heterocycles. The van der Waals surface area contributed by atoms with Crippen molar-refractivity contribution in [2.75, 3.05) is 13.7 Å². The molecule has 1 aromatic carbocycles. The molecular formula is C11H13BrO2. The van der Waals surface area contributed by atoms with Crippen LogP contribution in [0.4, 0.5) is 0 Å². The van der Waals surface area contributed by atoms with E-state index >= 15 is 0 Å². The smallest absolute Gasteiger partial charge is 0.119 e. The highest BCUT2D eigenvalue weighted by atomic mass is 79.9. The zero-order chi connectivity index (χ0) is 10.2. The molecular weight excluding hydrogens is 244 g/mol. The molecule has 1 aliphatic rings. The van der Waals surface area contributed by atoms with Crippen LogP contribution in [0.15, 0.2) is 22.7 Å². The average Bonchev–Trinajstić information content (AvgIpc) is 2.99. The molecule has 1 saturated carbocycles. The number of benzene rings is 1. The first-order chi connectivity index (χ1) is 6.72. The normalized spacial score (nSPS) is 17.9. The number of methoxy groups -OCH3 is 1. The van der Waals surface area contributed by atoms with Gasteiger partial charge in [0.15, 0.2) is 0 Å². The van der Waals surface area contributed by atoms with Gasteiger partial charge in [-0.1, -0.05) is 15.9 Å². The van der Waals surface area contributed by atoms with E-state index in [4.69, 9.17) is 4.74 Å². The van der Waals surface area contributed by atoms with Crippen LogP contribution in [0.25, 0.3) is 0 Å². The number of ether oxygens (including phenoxy) is 1. The molecule has 3 heteroatoms. The Bertz CT molecular complexity index is 345. The Morgan fingerprint density at radius 2 is 2.21 bits per heavy atom. The molecule has 1 fully saturated rings. The van der Waals surface area contributed by atoms with Crippen molar-refractivity contribution in [3.05, 3.63) is 28.2 Å². The van der Waals surface area contributed by atoms with Crippen molar-refractivity contribution in [2.45, 2.75) is 18.3 Å². The molecule has 0 radical (unpaired) electrons. The van der Waals surface area contributed by atoms with Gasteiger partial charge in [-0.05, 0) is 36.6 Å². The lowest BCUT2D eigenvalue weighted by molar-refractivity contribution is 0.254. The Labute approximate surface area is 92.0 Å². The van der Waals surface area contributed by atoms with Gasteiger partial charge in [-0.15, -0.1) is 0 Å². The summed E-state index contributed by atoms with van der Waals surface area (Å²) >= 11 is 3.51. The second kappa shape index (κ2) is 3.55. The van der Waals surface area contributed by atoms with Gasteiger partial charge in [-0.25, -0.2) is 0 Å². The van der Waals surface area contributed by atoms with Crippen LogP contribution in [0.3, 0.4) is 0 Å². The molecule has 0 heterocycles. The number of halogens is 1. The van der Waals surface area contributed by atoms with Crippen molar-refractivity contribution in [3.8, 4) is 5.75 Å². The van der Waals surface area contributed by atoms with Crippen LogP contribution >= 0.6 is 15.9 Å². The second-order valence-corrected chi connectivity index (χ2v) is 4.64. The van der Waals surface area contributed by atoms with Gasteiger partial charge in [0.25, 0.3) is 0 Å². The summed E-state index contributed by atoms with van der Waals surface area (Å²) in [5.74, 6) is 0.850. The van der Waals surface area contributed by atoms with Crippen LogP contribution in [-0.2, 0) is 5.41 Å². The largest absolute Gasteiger partial charge is 0.497 e. The number of rotatable bonds is 3. The van der Waals surface area contributed by atoms with E-state index in [2.05, 4.69) is 15.9 Å². The summed E-state index contributed by atoms with van der Waals surface area (Å²) in [6.07, 6.45) is 2.13. The molecule has 0 amide bonds. The monoisotopic (exact) mass is 256 g/mol. The van der Waals surface area contributed by atoms with Crippen LogP contribution in [0.2, 0.25) is 0 Å². The van der Waals surface area contributed by atoms with Crippen LogP contribution < -0.4 is 4.74 Å². The molecule has 0 aromatic heterocycles. The Kier molecular flexibility index (Phi) is 2.54. The quantitative estimate of drug-likeness (QED) is 0.901. The first-order valence-corrected chi connectivity index (χ1v) is 5.46. The maximum atomic E-state index is 9.34. The molecule has 0 atom stereocenters. The third-order valence-corrected chi connectivity index (χ3v) is 3.59. The molecule has 2 nitrogen and oxygen atoms in total. The molecule has 76 valence electrons. The van der Waals surface area contributed by atoms with E-state index in [1.165, 1.54) is 5.56 Å². The van der Waals surface area contributed by atoms with Crippen molar-refractivity contribution in [3.63, 3.8) is 0 Å². The van der Waals surface area contributed by atoms with Crippen LogP contribution in [0.1, 0.15) is 18.4 Å². The minimum atomic E-state index is -0.00657. The third kappa shape index (κ3) is 1.55. The van der Waals surface area contributed by atoms with Crippen molar-refractivity contribution >= 4 is 15.9 Å².